The Morgan fingerprint density at radius 2 is 1.85 bits per heavy atom. The smallest absolute Gasteiger partial charge is 0.336 e. The summed E-state index contributed by atoms with van der Waals surface area (Å²) in [5.41, 5.74) is 3.99. The Balaban J connectivity index is 1.44. The monoisotopic (exact) mass is 492 g/mol. The number of benzene rings is 3. The SMILES string of the molecule is COCc1cc(=O)oc2cc(CC(=O)c3ccc4nc(-c5c(Cl)cccc5Cl)[nH]c4c3)ccc12. The summed E-state index contributed by atoms with van der Waals surface area (Å²) in [5.74, 6) is 0.454. The van der Waals surface area contributed by atoms with Gasteiger partial charge in [0, 0.05) is 30.5 Å². The van der Waals surface area contributed by atoms with Gasteiger partial charge in [0.2, 0.25) is 0 Å². The van der Waals surface area contributed by atoms with Crippen molar-refractivity contribution in [3.8, 4) is 11.4 Å². The Labute approximate surface area is 204 Å². The van der Waals surface area contributed by atoms with Gasteiger partial charge in [-0.15, -0.1) is 0 Å². The maximum atomic E-state index is 13.0. The zero-order chi connectivity index (χ0) is 23.8. The Bertz CT molecular complexity index is 1600. The molecule has 0 fully saturated rings. The number of aromatic amines is 1. The second-order valence-electron chi connectivity index (χ2n) is 7.87. The molecule has 6 nitrogen and oxygen atoms in total. The van der Waals surface area contributed by atoms with Gasteiger partial charge >= 0.3 is 5.63 Å². The molecule has 0 aliphatic rings. The van der Waals surface area contributed by atoms with Gasteiger partial charge in [-0.3, -0.25) is 4.79 Å². The highest BCUT2D eigenvalue weighted by atomic mass is 35.5. The van der Waals surface area contributed by atoms with E-state index in [1.54, 1.807) is 49.6 Å². The average molecular weight is 493 g/mol. The number of carbonyl (C=O) groups is 1. The zero-order valence-electron chi connectivity index (χ0n) is 18.0. The molecule has 0 radical (unpaired) electrons. The molecular weight excluding hydrogens is 475 g/mol. The number of H-pyrrole nitrogens is 1. The number of hydrogen-bond donors (Lipinski definition) is 1. The van der Waals surface area contributed by atoms with Crippen LogP contribution in [0.15, 0.2) is 69.9 Å². The minimum absolute atomic E-state index is 0.0800. The van der Waals surface area contributed by atoms with Crippen LogP contribution in [0.3, 0.4) is 0 Å². The third-order valence-corrected chi connectivity index (χ3v) is 6.19. The van der Waals surface area contributed by atoms with Crippen LogP contribution in [0.25, 0.3) is 33.4 Å². The van der Waals surface area contributed by atoms with Crippen LogP contribution in [0.2, 0.25) is 10.0 Å². The maximum absolute atomic E-state index is 13.0. The number of imidazole rings is 1. The molecule has 34 heavy (non-hydrogen) atoms. The van der Waals surface area contributed by atoms with E-state index >= 15 is 0 Å². The number of carbonyl (C=O) groups excluding carboxylic acids is 1. The summed E-state index contributed by atoms with van der Waals surface area (Å²) in [4.78, 5) is 32.7. The number of Topliss-reactive ketones (excluding diaryl/α,β-unsaturated/α-hetero) is 1. The fourth-order valence-corrected chi connectivity index (χ4v) is 4.55. The van der Waals surface area contributed by atoms with Crippen LogP contribution in [-0.2, 0) is 17.8 Å². The van der Waals surface area contributed by atoms with E-state index in [-0.39, 0.29) is 12.2 Å². The van der Waals surface area contributed by atoms with Gasteiger partial charge in [-0.05, 0) is 47.5 Å². The second kappa shape index (κ2) is 9.06. The number of ketones is 1. The number of methoxy groups -OCH3 is 1. The molecule has 5 rings (SSSR count). The van der Waals surface area contributed by atoms with Gasteiger partial charge in [0.05, 0.1) is 33.2 Å². The van der Waals surface area contributed by atoms with Crippen LogP contribution in [-0.4, -0.2) is 22.9 Å². The predicted octanol–water partition coefficient (Wildman–Crippen LogP) is 6.21. The van der Waals surface area contributed by atoms with E-state index in [1.165, 1.54) is 6.07 Å². The number of nitrogens with zero attached hydrogens (tertiary/aromatic N) is 1. The third kappa shape index (κ3) is 4.23. The van der Waals surface area contributed by atoms with Crippen molar-refractivity contribution < 1.29 is 13.9 Å². The van der Waals surface area contributed by atoms with Crippen molar-refractivity contribution in [1.82, 2.24) is 9.97 Å². The standard InChI is InChI=1S/C26H18Cl2N2O4/c1-33-13-16-12-24(32)34-23-10-14(5-7-17(16)23)9-22(31)15-6-8-20-21(11-15)30-26(29-20)25-18(27)3-2-4-19(25)28/h2-8,10-12H,9,13H2,1H3,(H,29,30). The van der Waals surface area contributed by atoms with E-state index in [0.29, 0.717) is 50.2 Å². The van der Waals surface area contributed by atoms with Crippen molar-refractivity contribution in [2.45, 2.75) is 13.0 Å². The molecule has 0 spiro atoms. The summed E-state index contributed by atoms with van der Waals surface area (Å²) in [7, 11) is 1.57. The van der Waals surface area contributed by atoms with Crippen molar-refractivity contribution in [3.05, 3.63) is 97.8 Å². The lowest BCUT2D eigenvalue weighted by molar-refractivity contribution is 0.0993. The summed E-state index contributed by atoms with van der Waals surface area (Å²) in [6, 6.07) is 17.4. The summed E-state index contributed by atoms with van der Waals surface area (Å²) >= 11 is 12.6. The molecule has 0 saturated heterocycles. The zero-order valence-corrected chi connectivity index (χ0v) is 19.5. The van der Waals surface area contributed by atoms with E-state index in [1.807, 2.05) is 12.1 Å². The lowest BCUT2D eigenvalue weighted by Crippen LogP contribution is -2.05. The highest BCUT2D eigenvalue weighted by Crippen LogP contribution is 2.34. The van der Waals surface area contributed by atoms with Crippen molar-refractivity contribution in [2.24, 2.45) is 0 Å². The molecule has 5 aromatic rings. The quantitative estimate of drug-likeness (QED) is 0.224. The number of fused-ring (bicyclic) bond motifs is 2. The lowest BCUT2D eigenvalue weighted by atomic mass is 10.0. The van der Waals surface area contributed by atoms with Crippen LogP contribution in [0, 0.1) is 0 Å². The molecular formula is C26H18Cl2N2O4. The van der Waals surface area contributed by atoms with E-state index in [9.17, 15) is 9.59 Å². The van der Waals surface area contributed by atoms with Gasteiger partial charge < -0.3 is 14.1 Å². The first-order valence-electron chi connectivity index (χ1n) is 10.4. The first-order valence-corrected chi connectivity index (χ1v) is 11.2. The molecule has 1 N–H and O–H groups in total. The summed E-state index contributed by atoms with van der Waals surface area (Å²) in [6.45, 7) is 0.298. The Hall–Kier alpha value is -3.45. The number of ether oxygens (including phenoxy) is 1. The van der Waals surface area contributed by atoms with Crippen LogP contribution in [0.1, 0.15) is 21.5 Å². The summed E-state index contributed by atoms with van der Waals surface area (Å²) in [6.07, 6.45) is 0.150. The van der Waals surface area contributed by atoms with E-state index < -0.39 is 5.63 Å². The minimum atomic E-state index is -0.456. The molecule has 170 valence electrons. The van der Waals surface area contributed by atoms with E-state index in [4.69, 9.17) is 32.4 Å². The highest BCUT2D eigenvalue weighted by molar-refractivity contribution is 6.39. The van der Waals surface area contributed by atoms with E-state index in [0.717, 1.165) is 16.5 Å². The van der Waals surface area contributed by atoms with Crippen molar-refractivity contribution in [1.29, 1.82) is 0 Å². The number of hydrogen-bond acceptors (Lipinski definition) is 5. The second-order valence-corrected chi connectivity index (χ2v) is 8.68. The van der Waals surface area contributed by atoms with Crippen molar-refractivity contribution in [2.75, 3.05) is 7.11 Å². The van der Waals surface area contributed by atoms with Crippen LogP contribution in [0.5, 0.6) is 0 Å². The Morgan fingerprint density at radius 3 is 2.62 bits per heavy atom. The molecule has 8 heteroatoms. The number of aromatic nitrogens is 2. The normalized spacial score (nSPS) is 11.4. The van der Waals surface area contributed by atoms with Gasteiger partial charge in [-0.25, -0.2) is 9.78 Å². The summed E-state index contributed by atoms with van der Waals surface area (Å²) in [5, 5.41) is 1.75. The first-order chi connectivity index (χ1) is 16.4. The largest absolute Gasteiger partial charge is 0.423 e. The number of rotatable bonds is 6. The van der Waals surface area contributed by atoms with Gasteiger partial charge in [0.1, 0.15) is 11.4 Å². The minimum Gasteiger partial charge on any atom is -0.423 e. The first kappa shape index (κ1) is 22.3. The molecule has 0 bridgehead atoms. The molecule has 0 aliphatic carbocycles. The Kier molecular flexibility index (Phi) is 5.96. The highest BCUT2D eigenvalue weighted by Gasteiger charge is 2.15. The van der Waals surface area contributed by atoms with Gasteiger partial charge in [0.25, 0.3) is 0 Å². The van der Waals surface area contributed by atoms with Gasteiger partial charge in [-0.2, -0.15) is 0 Å². The molecule has 3 aromatic carbocycles. The average Bonchev–Trinajstić information content (AvgIpc) is 3.21. The van der Waals surface area contributed by atoms with Crippen LogP contribution < -0.4 is 5.63 Å². The van der Waals surface area contributed by atoms with E-state index in [2.05, 4.69) is 9.97 Å². The molecule has 2 heterocycles. The topological polar surface area (TPSA) is 85.2 Å². The number of nitrogens with one attached hydrogen (secondary N) is 1. The van der Waals surface area contributed by atoms with Crippen LogP contribution in [0.4, 0.5) is 0 Å². The fraction of sp³-hybridized carbons (Fsp3) is 0.115. The number of halogens is 2. The van der Waals surface area contributed by atoms with Crippen molar-refractivity contribution in [3.63, 3.8) is 0 Å². The Morgan fingerprint density at radius 1 is 1.06 bits per heavy atom. The van der Waals surface area contributed by atoms with Crippen molar-refractivity contribution >= 4 is 51.0 Å². The molecule has 0 amide bonds. The maximum Gasteiger partial charge on any atom is 0.336 e. The fourth-order valence-electron chi connectivity index (χ4n) is 3.97. The molecule has 0 saturated carbocycles. The van der Waals surface area contributed by atoms with Gasteiger partial charge in [-0.1, -0.05) is 41.4 Å². The molecule has 2 aromatic heterocycles. The van der Waals surface area contributed by atoms with Gasteiger partial charge in [0.15, 0.2) is 5.78 Å². The lowest BCUT2D eigenvalue weighted by Gasteiger charge is -2.07. The predicted molar refractivity (Wildman–Crippen MR) is 133 cm³/mol. The molecule has 0 aliphatic heterocycles. The van der Waals surface area contributed by atoms with Crippen LogP contribution >= 0.6 is 23.2 Å². The third-order valence-electron chi connectivity index (χ3n) is 5.56. The summed E-state index contributed by atoms with van der Waals surface area (Å²) < 4.78 is 10.5. The molecule has 0 unspecified atom stereocenters. The molecule has 0 atom stereocenters.